The van der Waals surface area contributed by atoms with Crippen LogP contribution >= 0.6 is 11.3 Å². The lowest BCUT2D eigenvalue weighted by atomic mass is 10.2. The summed E-state index contributed by atoms with van der Waals surface area (Å²) < 4.78 is 34.1. The number of rotatable bonds is 7. The van der Waals surface area contributed by atoms with Crippen LogP contribution in [0.2, 0.25) is 0 Å². The molecule has 1 aliphatic rings. The Hall–Kier alpha value is -2.69. The van der Waals surface area contributed by atoms with Gasteiger partial charge in [0.2, 0.25) is 10.0 Å². The molecule has 1 fully saturated rings. The number of benzene rings is 2. The third-order valence-corrected chi connectivity index (χ3v) is 7.88. The molecule has 0 radical (unpaired) electrons. The minimum atomic E-state index is -3.83. The van der Waals surface area contributed by atoms with Gasteiger partial charge in [0.25, 0.3) is 5.91 Å². The Morgan fingerprint density at radius 1 is 1.16 bits per heavy atom. The summed E-state index contributed by atoms with van der Waals surface area (Å²) in [5.41, 5.74) is 1.74. The molecule has 10 heteroatoms. The molecule has 3 aromatic rings. The summed E-state index contributed by atoms with van der Waals surface area (Å²) in [6.45, 7) is 5.51. The molecule has 0 bridgehead atoms. The van der Waals surface area contributed by atoms with Crippen LogP contribution in [0.3, 0.4) is 0 Å². The first kappa shape index (κ1) is 22.5. The number of carbonyl (C=O) groups excluding carboxylic acids is 1. The molecule has 1 saturated heterocycles. The minimum Gasteiger partial charge on any atom is -0.495 e. The van der Waals surface area contributed by atoms with Gasteiger partial charge in [0.1, 0.15) is 10.6 Å². The molecule has 170 valence electrons. The predicted molar refractivity (Wildman–Crippen MR) is 127 cm³/mol. The summed E-state index contributed by atoms with van der Waals surface area (Å²) in [4.78, 5) is 19.8. The van der Waals surface area contributed by atoms with E-state index in [4.69, 9.17) is 9.72 Å². The maximum atomic E-state index is 12.9. The van der Waals surface area contributed by atoms with Crippen molar-refractivity contribution in [2.24, 2.45) is 0 Å². The maximum Gasteiger partial charge on any atom is 0.255 e. The molecule has 0 aliphatic carbocycles. The third-order valence-electron chi connectivity index (χ3n) is 5.12. The summed E-state index contributed by atoms with van der Waals surface area (Å²) in [7, 11) is -2.44. The van der Waals surface area contributed by atoms with Gasteiger partial charge < -0.3 is 15.0 Å². The second-order valence-corrected chi connectivity index (χ2v) is 10.7. The van der Waals surface area contributed by atoms with Crippen LogP contribution in [0, 0.1) is 0 Å². The van der Waals surface area contributed by atoms with Crippen LogP contribution in [-0.4, -0.2) is 45.6 Å². The van der Waals surface area contributed by atoms with Gasteiger partial charge in [-0.05, 0) is 63.1 Å². The number of aromatic nitrogens is 1. The molecule has 2 N–H and O–H groups in total. The highest BCUT2D eigenvalue weighted by atomic mass is 32.2. The van der Waals surface area contributed by atoms with Gasteiger partial charge >= 0.3 is 0 Å². The molecule has 1 amide bonds. The summed E-state index contributed by atoms with van der Waals surface area (Å²) >= 11 is 1.61. The monoisotopic (exact) mass is 474 g/mol. The van der Waals surface area contributed by atoms with E-state index in [-0.39, 0.29) is 22.3 Å². The Balaban J connectivity index is 1.58. The van der Waals surface area contributed by atoms with Crippen molar-refractivity contribution in [3.8, 4) is 5.75 Å². The smallest absolute Gasteiger partial charge is 0.255 e. The lowest BCUT2D eigenvalue weighted by Gasteiger charge is -2.14. The number of thiazole rings is 1. The van der Waals surface area contributed by atoms with Gasteiger partial charge in [-0.25, -0.2) is 18.1 Å². The Kier molecular flexibility index (Phi) is 6.36. The van der Waals surface area contributed by atoms with Crippen molar-refractivity contribution >= 4 is 48.3 Å². The standard InChI is InChI=1S/C22H26N4O4S2/c1-14(2)25-32(28,29)20-12-15(6-9-18(20)30-3)21(27)23-16-7-8-17-19(13-16)31-22(24-17)26-10-4-5-11-26/h6-9,12-14,25H,4-5,10-11H2,1-3H3,(H,23,27). The Bertz CT molecular complexity index is 1250. The zero-order valence-corrected chi connectivity index (χ0v) is 19.8. The van der Waals surface area contributed by atoms with Gasteiger partial charge in [-0.1, -0.05) is 11.3 Å². The SMILES string of the molecule is COc1ccc(C(=O)Nc2ccc3nc(N4CCCC4)sc3c2)cc1S(=O)(=O)NC(C)C. The van der Waals surface area contributed by atoms with Crippen LogP contribution in [0.4, 0.5) is 10.8 Å². The van der Waals surface area contributed by atoms with Crippen molar-refractivity contribution in [2.75, 3.05) is 30.4 Å². The first-order valence-electron chi connectivity index (χ1n) is 10.4. The summed E-state index contributed by atoms with van der Waals surface area (Å²) in [5.74, 6) is -0.229. The molecule has 0 saturated carbocycles. The van der Waals surface area contributed by atoms with Gasteiger partial charge in [-0.3, -0.25) is 4.79 Å². The number of nitrogens with zero attached hydrogens (tertiary/aromatic N) is 2. The average Bonchev–Trinajstić information content (AvgIpc) is 3.41. The second kappa shape index (κ2) is 9.05. The molecule has 0 unspecified atom stereocenters. The normalized spacial score (nSPS) is 14.3. The lowest BCUT2D eigenvalue weighted by Crippen LogP contribution is -2.30. The van der Waals surface area contributed by atoms with Gasteiger partial charge in [-0.2, -0.15) is 0 Å². The molecular weight excluding hydrogens is 448 g/mol. The van der Waals surface area contributed by atoms with E-state index in [0.717, 1.165) is 28.4 Å². The van der Waals surface area contributed by atoms with Crippen LogP contribution < -0.4 is 19.7 Å². The number of hydrogen-bond acceptors (Lipinski definition) is 7. The van der Waals surface area contributed by atoms with Crippen LogP contribution in [0.25, 0.3) is 10.2 Å². The summed E-state index contributed by atoms with van der Waals surface area (Å²) in [5, 5.41) is 3.86. The Labute approximate surface area is 191 Å². The van der Waals surface area contributed by atoms with Crippen LogP contribution in [0.15, 0.2) is 41.3 Å². The van der Waals surface area contributed by atoms with Crippen molar-refractivity contribution < 1.29 is 17.9 Å². The predicted octanol–water partition coefficient (Wildman–Crippen LogP) is 3.84. The van der Waals surface area contributed by atoms with Gasteiger partial charge in [0, 0.05) is 30.4 Å². The number of anilines is 2. The van der Waals surface area contributed by atoms with Crippen LogP contribution in [0.5, 0.6) is 5.75 Å². The number of methoxy groups -OCH3 is 1. The van der Waals surface area contributed by atoms with Crippen molar-refractivity contribution in [1.82, 2.24) is 9.71 Å². The molecule has 2 heterocycles. The Morgan fingerprint density at radius 2 is 1.91 bits per heavy atom. The van der Waals surface area contributed by atoms with E-state index < -0.39 is 15.9 Å². The van der Waals surface area contributed by atoms with E-state index in [0.29, 0.717) is 5.69 Å². The zero-order valence-electron chi connectivity index (χ0n) is 18.2. The van der Waals surface area contributed by atoms with Crippen molar-refractivity contribution in [1.29, 1.82) is 0 Å². The van der Waals surface area contributed by atoms with E-state index in [1.54, 1.807) is 37.3 Å². The fraction of sp³-hybridized carbons (Fsp3) is 0.364. The topological polar surface area (TPSA) is 101 Å². The number of ether oxygens (including phenoxy) is 1. The van der Waals surface area contributed by atoms with Gasteiger partial charge in [0.15, 0.2) is 5.13 Å². The van der Waals surface area contributed by atoms with Crippen LogP contribution in [-0.2, 0) is 10.0 Å². The van der Waals surface area contributed by atoms with Crippen molar-refractivity contribution in [2.45, 2.75) is 37.6 Å². The number of amides is 1. The molecular formula is C22H26N4O4S2. The van der Waals surface area contributed by atoms with E-state index in [9.17, 15) is 13.2 Å². The van der Waals surface area contributed by atoms with Gasteiger partial charge in [0.05, 0.1) is 17.3 Å². The number of nitrogens with one attached hydrogen (secondary N) is 2. The van der Waals surface area contributed by atoms with Crippen molar-refractivity contribution in [3.05, 3.63) is 42.0 Å². The molecule has 0 atom stereocenters. The molecule has 0 spiro atoms. The fourth-order valence-corrected chi connectivity index (χ4v) is 6.14. The quantitative estimate of drug-likeness (QED) is 0.540. The zero-order chi connectivity index (χ0) is 22.9. The maximum absolute atomic E-state index is 12.9. The lowest BCUT2D eigenvalue weighted by molar-refractivity contribution is 0.102. The van der Waals surface area contributed by atoms with Gasteiger partial charge in [-0.15, -0.1) is 0 Å². The van der Waals surface area contributed by atoms with E-state index >= 15 is 0 Å². The van der Waals surface area contributed by atoms with Crippen LogP contribution in [0.1, 0.15) is 37.0 Å². The largest absolute Gasteiger partial charge is 0.495 e. The fourth-order valence-electron chi connectivity index (χ4n) is 3.64. The minimum absolute atomic E-state index is 0.0745. The summed E-state index contributed by atoms with van der Waals surface area (Å²) in [6.07, 6.45) is 2.37. The highest BCUT2D eigenvalue weighted by Crippen LogP contribution is 2.32. The average molecular weight is 475 g/mol. The number of sulfonamides is 1. The second-order valence-electron chi connectivity index (χ2n) is 7.97. The first-order valence-corrected chi connectivity index (χ1v) is 12.7. The summed E-state index contributed by atoms with van der Waals surface area (Å²) in [6, 6.07) is 9.64. The molecule has 8 nitrogen and oxygen atoms in total. The first-order chi connectivity index (χ1) is 15.3. The van der Waals surface area contributed by atoms with E-state index in [1.165, 1.54) is 32.1 Å². The van der Waals surface area contributed by atoms with E-state index in [2.05, 4.69) is 14.9 Å². The van der Waals surface area contributed by atoms with Crippen molar-refractivity contribution in [3.63, 3.8) is 0 Å². The number of hydrogen-bond donors (Lipinski definition) is 2. The molecule has 1 aromatic heterocycles. The number of fused-ring (bicyclic) bond motifs is 1. The van der Waals surface area contributed by atoms with E-state index in [1.807, 2.05) is 12.1 Å². The molecule has 2 aromatic carbocycles. The molecule has 1 aliphatic heterocycles. The molecule has 4 rings (SSSR count). The third kappa shape index (κ3) is 4.72. The highest BCUT2D eigenvalue weighted by Gasteiger charge is 2.23. The number of carbonyl (C=O) groups is 1. The molecule has 32 heavy (non-hydrogen) atoms. The Morgan fingerprint density at radius 3 is 2.59 bits per heavy atom. The highest BCUT2D eigenvalue weighted by molar-refractivity contribution is 7.89.